The van der Waals surface area contributed by atoms with E-state index in [2.05, 4.69) is 228 Å². The minimum atomic E-state index is -0.172. The third-order valence-electron chi connectivity index (χ3n) is 14.7. The van der Waals surface area contributed by atoms with E-state index in [1.165, 1.54) is 112 Å². The van der Waals surface area contributed by atoms with Gasteiger partial charge >= 0.3 is 0 Å². The summed E-state index contributed by atoms with van der Waals surface area (Å²) in [6.45, 7) is 0. The number of hydrogen-bond donors (Lipinski definition) is 0. The Kier molecular flexibility index (Phi) is 8.74. The second-order valence-corrected chi connectivity index (χ2v) is 19.0. The molecule has 3 heteroatoms. The van der Waals surface area contributed by atoms with Gasteiger partial charge in [-0.3, -0.25) is 0 Å². The molecule has 1 spiro atoms. The highest BCUT2D eigenvalue weighted by atomic mass is 32.1. The summed E-state index contributed by atoms with van der Waals surface area (Å²) in [4.78, 5) is 5.23. The van der Waals surface area contributed by atoms with Gasteiger partial charge in [0.25, 0.3) is 0 Å². The molecule has 3 atom stereocenters. The average molecular weight is 839 g/mol. The van der Waals surface area contributed by atoms with Crippen molar-refractivity contribution in [3.63, 3.8) is 0 Å². The summed E-state index contributed by atoms with van der Waals surface area (Å²) in [6, 6.07) is 81.6. The second-order valence-electron chi connectivity index (χ2n) is 17.9. The quantitative estimate of drug-likeness (QED) is 0.150. The number of hydrogen-bond acceptors (Lipinski definition) is 3. The van der Waals surface area contributed by atoms with E-state index in [0.717, 1.165) is 12.8 Å². The van der Waals surface area contributed by atoms with E-state index >= 15 is 0 Å². The molecule has 1 aromatic heterocycles. The Morgan fingerprint density at radius 2 is 0.875 bits per heavy atom. The molecule has 1 fully saturated rings. The van der Waals surface area contributed by atoms with E-state index in [0.29, 0.717) is 11.8 Å². The molecule has 9 aromatic carbocycles. The minimum Gasteiger partial charge on any atom is -0.310 e. The number of anilines is 6. The van der Waals surface area contributed by atoms with Gasteiger partial charge in [0.1, 0.15) is 0 Å². The Hall–Kier alpha value is -7.20. The van der Waals surface area contributed by atoms with Crippen LogP contribution in [0, 0.1) is 11.8 Å². The van der Waals surface area contributed by atoms with Gasteiger partial charge in [-0.25, -0.2) is 0 Å². The van der Waals surface area contributed by atoms with Crippen LogP contribution in [-0.2, 0) is 18.3 Å². The van der Waals surface area contributed by atoms with Crippen LogP contribution < -0.4 is 9.80 Å². The molecule has 3 aliphatic rings. The maximum atomic E-state index is 2.64. The van der Waals surface area contributed by atoms with Gasteiger partial charge in [0, 0.05) is 53.8 Å². The van der Waals surface area contributed by atoms with Gasteiger partial charge in [0.2, 0.25) is 0 Å². The SMILES string of the molecule is c1ccc(-c2cccc(-c3ccccc3)c2N(c2ccccc2)c2cccc3c2C24c5c(cccc5N(c5ccccc5)c5ccc6c(c5)sc5ccccc56)CC2CCC4C3)cc1. The number of fused-ring (bicyclic) bond motifs is 5. The second kappa shape index (κ2) is 15.0. The zero-order chi connectivity index (χ0) is 42.2. The molecule has 0 bridgehead atoms. The molecule has 64 heavy (non-hydrogen) atoms. The van der Waals surface area contributed by atoms with Crippen LogP contribution in [0.2, 0.25) is 0 Å². The lowest BCUT2D eigenvalue weighted by atomic mass is 9.68. The minimum absolute atomic E-state index is 0.172. The topological polar surface area (TPSA) is 6.48 Å². The van der Waals surface area contributed by atoms with E-state index in [-0.39, 0.29) is 5.41 Å². The van der Waals surface area contributed by atoms with Crippen molar-refractivity contribution in [1.82, 2.24) is 0 Å². The van der Waals surface area contributed by atoms with Crippen LogP contribution in [0.3, 0.4) is 0 Å². The molecule has 2 nitrogen and oxygen atoms in total. The van der Waals surface area contributed by atoms with E-state index in [4.69, 9.17) is 0 Å². The smallest absolute Gasteiger partial charge is 0.0618 e. The van der Waals surface area contributed by atoms with Gasteiger partial charge in [-0.15, -0.1) is 11.3 Å². The summed E-state index contributed by atoms with van der Waals surface area (Å²) in [5.41, 5.74) is 18.1. The van der Waals surface area contributed by atoms with Crippen LogP contribution in [0.4, 0.5) is 34.1 Å². The lowest BCUT2D eigenvalue weighted by Crippen LogP contribution is -2.34. The highest BCUT2D eigenvalue weighted by Gasteiger charge is 2.62. The normalized spacial score (nSPS) is 18.1. The fourth-order valence-electron chi connectivity index (χ4n) is 12.3. The van der Waals surface area contributed by atoms with Gasteiger partial charge in [0.05, 0.1) is 17.1 Å². The van der Waals surface area contributed by atoms with Crippen molar-refractivity contribution >= 4 is 65.6 Å². The van der Waals surface area contributed by atoms with Crippen molar-refractivity contribution in [1.29, 1.82) is 0 Å². The van der Waals surface area contributed by atoms with Gasteiger partial charge < -0.3 is 9.80 Å². The maximum Gasteiger partial charge on any atom is 0.0618 e. The van der Waals surface area contributed by atoms with Gasteiger partial charge in [-0.05, 0) is 125 Å². The largest absolute Gasteiger partial charge is 0.310 e. The van der Waals surface area contributed by atoms with Crippen LogP contribution in [0.25, 0.3) is 42.4 Å². The Labute approximate surface area is 379 Å². The van der Waals surface area contributed by atoms with Crippen LogP contribution >= 0.6 is 11.3 Å². The summed E-state index contributed by atoms with van der Waals surface area (Å²) in [5.74, 6) is 0.990. The zero-order valence-corrected chi connectivity index (χ0v) is 36.4. The van der Waals surface area contributed by atoms with Crippen molar-refractivity contribution in [3.8, 4) is 22.3 Å². The van der Waals surface area contributed by atoms with Crippen molar-refractivity contribution in [2.45, 2.75) is 31.1 Å². The standard InChI is InChI=1S/C61H46N2S/c1-5-18-41(19-6-1)50-29-17-30-51(42-20-7-2-8-21-42)60(50)63(48-26-11-4-12-27-48)55-32-16-23-44-39-46-35-34-45-38-43-22-15-31-54(58(43)61(45,46)59(44)55)62(47-24-9-3-10-25-47)49-36-37-53-52-28-13-14-33-56(52)64-57(53)40-49/h1-33,36-37,40,45-46H,34-35,38-39H2. The number of rotatable bonds is 8. The third-order valence-corrected chi connectivity index (χ3v) is 15.9. The summed E-state index contributed by atoms with van der Waals surface area (Å²) in [6.07, 6.45) is 4.63. The molecular weight excluding hydrogens is 793 g/mol. The van der Waals surface area contributed by atoms with Crippen LogP contribution in [0.15, 0.2) is 218 Å². The van der Waals surface area contributed by atoms with Crippen molar-refractivity contribution < 1.29 is 0 Å². The van der Waals surface area contributed by atoms with Crippen molar-refractivity contribution in [3.05, 3.63) is 241 Å². The molecule has 0 saturated heterocycles. The highest BCUT2D eigenvalue weighted by molar-refractivity contribution is 7.25. The molecule has 0 aliphatic heterocycles. The monoisotopic (exact) mass is 838 g/mol. The summed E-state index contributed by atoms with van der Waals surface area (Å²) < 4.78 is 2.65. The first-order chi connectivity index (χ1) is 31.8. The van der Waals surface area contributed by atoms with E-state index in [9.17, 15) is 0 Å². The molecule has 3 unspecified atom stereocenters. The first-order valence-corrected chi connectivity index (χ1v) is 23.7. The fourth-order valence-corrected chi connectivity index (χ4v) is 13.5. The summed E-state index contributed by atoms with van der Waals surface area (Å²) in [5, 5.41) is 2.66. The average Bonchev–Trinajstić information content (AvgIpc) is 4.10. The molecule has 1 saturated carbocycles. The predicted molar refractivity (Wildman–Crippen MR) is 270 cm³/mol. The van der Waals surface area contributed by atoms with Gasteiger partial charge in [-0.2, -0.15) is 0 Å². The molecule has 0 radical (unpaired) electrons. The molecule has 306 valence electrons. The lowest BCUT2D eigenvalue weighted by molar-refractivity contribution is 0.350. The molecule has 13 rings (SSSR count). The number of thiophene rings is 1. The van der Waals surface area contributed by atoms with Gasteiger partial charge in [0.15, 0.2) is 0 Å². The molecule has 1 heterocycles. The van der Waals surface area contributed by atoms with E-state index in [1.54, 1.807) is 0 Å². The van der Waals surface area contributed by atoms with Crippen molar-refractivity contribution in [2.75, 3.05) is 9.80 Å². The fraction of sp³-hybridized carbons (Fsp3) is 0.115. The molecule has 0 N–H and O–H groups in total. The Morgan fingerprint density at radius 3 is 1.47 bits per heavy atom. The van der Waals surface area contributed by atoms with Crippen LogP contribution in [0.5, 0.6) is 0 Å². The third kappa shape index (κ3) is 5.63. The molecule has 0 amide bonds. The maximum absolute atomic E-state index is 2.64. The summed E-state index contributed by atoms with van der Waals surface area (Å²) in [7, 11) is 0. The Bertz CT molecular complexity index is 3290. The first kappa shape index (κ1) is 37.4. The van der Waals surface area contributed by atoms with Gasteiger partial charge in [-0.1, -0.05) is 164 Å². The zero-order valence-electron chi connectivity index (χ0n) is 35.6. The van der Waals surface area contributed by atoms with Crippen LogP contribution in [0.1, 0.15) is 35.1 Å². The van der Waals surface area contributed by atoms with Crippen LogP contribution in [-0.4, -0.2) is 0 Å². The Balaban J connectivity index is 1.08. The first-order valence-electron chi connectivity index (χ1n) is 22.9. The van der Waals surface area contributed by atoms with E-state index < -0.39 is 0 Å². The molecule has 3 aliphatic carbocycles. The highest BCUT2D eigenvalue weighted by Crippen LogP contribution is 2.69. The van der Waals surface area contributed by atoms with E-state index in [1.807, 2.05) is 11.3 Å². The number of benzene rings is 9. The summed E-state index contributed by atoms with van der Waals surface area (Å²) >= 11 is 1.90. The predicted octanol–water partition coefficient (Wildman–Crippen LogP) is 16.8. The number of para-hydroxylation sites is 3. The number of nitrogens with zero attached hydrogens (tertiary/aromatic N) is 2. The van der Waals surface area contributed by atoms with Crippen molar-refractivity contribution in [2.24, 2.45) is 11.8 Å². The molecule has 10 aromatic rings. The molecular formula is C61H46N2S. The lowest BCUT2D eigenvalue weighted by Gasteiger charge is -2.40. The Morgan fingerprint density at radius 1 is 0.391 bits per heavy atom.